The van der Waals surface area contributed by atoms with E-state index in [1.54, 1.807) is 6.07 Å². The Hall–Kier alpha value is -0.810. The average molecular weight is 276 g/mol. The second-order valence-corrected chi connectivity index (χ2v) is 4.23. The molecular weight excluding hydrogens is 265 g/mol. The third-order valence-electron chi connectivity index (χ3n) is 2.22. The summed E-state index contributed by atoms with van der Waals surface area (Å²) in [6.07, 6.45) is 0.0366. The summed E-state index contributed by atoms with van der Waals surface area (Å²) in [4.78, 5) is 0. The summed E-state index contributed by atoms with van der Waals surface area (Å²) in [5, 5.41) is 3.05. The third-order valence-corrected chi connectivity index (χ3v) is 2.68. The summed E-state index contributed by atoms with van der Waals surface area (Å²) >= 11 is 3.20. The van der Waals surface area contributed by atoms with Crippen LogP contribution in [0.5, 0.6) is 11.5 Å². The van der Waals surface area contributed by atoms with Crippen LogP contribution in [0.4, 0.5) is 4.39 Å². The molecule has 1 aliphatic heterocycles. The molecule has 1 aromatic rings. The van der Waals surface area contributed by atoms with Gasteiger partial charge >= 0.3 is 0 Å². The maximum absolute atomic E-state index is 13.6. The van der Waals surface area contributed by atoms with E-state index in [2.05, 4.69) is 21.2 Å². The molecule has 82 valence electrons. The lowest BCUT2D eigenvalue weighted by Gasteiger charge is -2.28. The Morgan fingerprint density at radius 3 is 2.73 bits per heavy atom. The fourth-order valence-electron chi connectivity index (χ4n) is 1.31. The van der Waals surface area contributed by atoms with E-state index < -0.39 is 5.82 Å². The van der Waals surface area contributed by atoms with Crippen LogP contribution in [-0.4, -0.2) is 26.3 Å². The maximum atomic E-state index is 13.6. The molecule has 5 heteroatoms. The van der Waals surface area contributed by atoms with Crippen LogP contribution in [-0.2, 0) is 0 Å². The van der Waals surface area contributed by atoms with Gasteiger partial charge in [-0.05, 0) is 12.1 Å². The van der Waals surface area contributed by atoms with Gasteiger partial charge in [0.15, 0.2) is 17.3 Å². The Labute approximate surface area is 95.7 Å². The minimum Gasteiger partial charge on any atom is -0.493 e. The van der Waals surface area contributed by atoms with E-state index in [1.165, 1.54) is 13.2 Å². The predicted octanol–water partition coefficient (Wildman–Crippen LogP) is 1.95. The Morgan fingerprint density at radius 2 is 2.20 bits per heavy atom. The van der Waals surface area contributed by atoms with E-state index in [-0.39, 0.29) is 11.9 Å². The van der Waals surface area contributed by atoms with Crippen molar-refractivity contribution >= 4 is 15.9 Å². The first-order valence-corrected chi connectivity index (χ1v) is 5.40. The van der Waals surface area contributed by atoms with Gasteiger partial charge in [-0.3, -0.25) is 0 Å². The Bertz CT molecular complexity index is 369. The van der Waals surface area contributed by atoms with Crippen molar-refractivity contribution in [3.05, 3.63) is 22.4 Å². The number of benzene rings is 1. The van der Waals surface area contributed by atoms with Gasteiger partial charge in [-0.1, -0.05) is 15.9 Å². The van der Waals surface area contributed by atoms with Crippen LogP contribution in [0.25, 0.3) is 0 Å². The molecule has 0 aromatic heterocycles. The molecule has 0 unspecified atom stereocenters. The lowest BCUT2D eigenvalue weighted by atomic mass is 10.2. The SMILES string of the molecule is COc1cc(Br)cc(F)c1OC1CNC1. The molecule has 1 saturated heterocycles. The zero-order chi connectivity index (χ0) is 10.8. The van der Waals surface area contributed by atoms with Gasteiger partial charge in [-0.25, -0.2) is 4.39 Å². The normalized spacial score (nSPS) is 15.9. The number of methoxy groups -OCH3 is 1. The highest BCUT2D eigenvalue weighted by Gasteiger charge is 2.22. The molecule has 0 aliphatic carbocycles. The minimum atomic E-state index is -0.409. The first-order chi connectivity index (χ1) is 7.20. The number of rotatable bonds is 3. The van der Waals surface area contributed by atoms with Crippen LogP contribution in [0.15, 0.2) is 16.6 Å². The summed E-state index contributed by atoms with van der Waals surface area (Å²) in [6.45, 7) is 1.50. The summed E-state index contributed by atoms with van der Waals surface area (Å²) in [5.74, 6) is 0.189. The molecule has 15 heavy (non-hydrogen) atoms. The van der Waals surface area contributed by atoms with Crippen LogP contribution in [0.3, 0.4) is 0 Å². The van der Waals surface area contributed by atoms with E-state index in [0.717, 1.165) is 13.1 Å². The number of ether oxygens (including phenoxy) is 2. The molecule has 1 aliphatic rings. The van der Waals surface area contributed by atoms with Gasteiger partial charge in [-0.15, -0.1) is 0 Å². The summed E-state index contributed by atoms with van der Waals surface area (Å²) in [6, 6.07) is 3.05. The van der Waals surface area contributed by atoms with Gasteiger partial charge in [0.1, 0.15) is 6.10 Å². The molecule has 1 aromatic carbocycles. The first kappa shape index (κ1) is 10.7. The minimum absolute atomic E-state index is 0.0366. The monoisotopic (exact) mass is 275 g/mol. The van der Waals surface area contributed by atoms with Crippen LogP contribution in [0.1, 0.15) is 0 Å². The summed E-state index contributed by atoms with van der Waals surface area (Å²) in [5.41, 5.74) is 0. The third kappa shape index (κ3) is 2.23. The van der Waals surface area contributed by atoms with Crippen molar-refractivity contribution in [1.29, 1.82) is 0 Å². The second-order valence-electron chi connectivity index (χ2n) is 3.32. The second kappa shape index (κ2) is 4.37. The average Bonchev–Trinajstić information content (AvgIpc) is 2.12. The van der Waals surface area contributed by atoms with Crippen molar-refractivity contribution in [2.45, 2.75) is 6.10 Å². The molecule has 1 heterocycles. The van der Waals surface area contributed by atoms with Gasteiger partial charge < -0.3 is 14.8 Å². The number of halogens is 2. The van der Waals surface area contributed by atoms with Crippen molar-refractivity contribution < 1.29 is 13.9 Å². The quantitative estimate of drug-likeness (QED) is 0.915. The van der Waals surface area contributed by atoms with Crippen LogP contribution in [0, 0.1) is 5.82 Å². The van der Waals surface area contributed by atoms with E-state index >= 15 is 0 Å². The van der Waals surface area contributed by atoms with Gasteiger partial charge in [0.2, 0.25) is 0 Å². The Morgan fingerprint density at radius 1 is 1.47 bits per heavy atom. The highest BCUT2D eigenvalue weighted by Crippen LogP contribution is 2.34. The fraction of sp³-hybridized carbons (Fsp3) is 0.400. The van der Waals surface area contributed by atoms with E-state index in [9.17, 15) is 4.39 Å². The Kier molecular flexibility index (Phi) is 3.11. The molecule has 2 rings (SSSR count). The lowest BCUT2D eigenvalue weighted by molar-refractivity contribution is 0.131. The summed E-state index contributed by atoms with van der Waals surface area (Å²) < 4.78 is 24.7. The molecule has 0 radical (unpaired) electrons. The predicted molar refractivity (Wildman–Crippen MR) is 57.9 cm³/mol. The largest absolute Gasteiger partial charge is 0.493 e. The van der Waals surface area contributed by atoms with Crippen molar-refractivity contribution in [2.75, 3.05) is 20.2 Å². The molecule has 3 nitrogen and oxygen atoms in total. The Balaban J connectivity index is 2.26. The molecule has 0 atom stereocenters. The molecule has 1 fully saturated rings. The van der Waals surface area contributed by atoms with Crippen LogP contribution in [0.2, 0.25) is 0 Å². The molecule has 0 saturated carbocycles. The maximum Gasteiger partial charge on any atom is 0.197 e. The smallest absolute Gasteiger partial charge is 0.197 e. The highest BCUT2D eigenvalue weighted by molar-refractivity contribution is 9.10. The fourth-order valence-corrected chi connectivity index (χ4v) is 1.72. The lowest BCUT2D eigenvalue weighted by Crippen LogP contribution is -2.50. The van der Waals surface area contributed by atoms with Gasteiger partial charge in [0, 0.05) is 17.6 Å². The molecule has 0 amide bonds. The first-order valence-electron chi connectivity index (χ1n) is 4.61. The van der Waals surface area contributed by atoms with Gasteiger partial charge in [-0.2, -0.15) is 0 Å². The zero-order valence-corrected chi connectivity index (χ0v) is 9.80. The van der Waals surface area contributed by atoms with E-state index in [1.807, 2.05) is 0 Å². The van der Waals surface area contributed by atoms with Crippen LogP contribution >= 0.6 is 15.9 Å². The van der Waals surface area contributed by atoms with E-state index in [0.29, 0.717) is 10.2 Å². The summed E-state index contributed by atoms with van der Waals surface area (Å²) in [7, 11) is 1.49. The van der Waals surface area contributed by atoms with Gasteiger partial charge in [0.05, 0.1) is 7.11 Å². The zero-order valence-electron chi connectivity index (χ0n) is 8.22. The molecule has 0 bridgehead atoms. The van der Waals surface area contributed by atoms with E-state index in [4.69, 9.17) is 9.47 Å². The van der Waals surface area contributed by atoms with Crippen LogP contribution < -0.4 is 14.8 Å². The number of hydrogen-bond donors (Lipinski definition) is 1. The van der Waals surface area contributed by atoms with Crippen molar-refractivity contribution in [2.24, 2.45) is 0 Å². The molecule has 1 N–H and O–H groups in total. The molecule has 0 spiro atoms. The van der Waals surface area contributed by atoms with Crippen molar-refractivity contribution in [3.63, 3.8) is 0 Å². The van der Waals surface area contributed by atoms with Crippen molar-refractivity contribution in [3.8, 4) is 11.5 Å². The molecular formula is C10H11BrFNO2. The van der Waals surface area contributed by atoms with Gasteiger partial charge in [0.25, 0.3) is 0 Å². The van der Waals surface area contributed by atoms with Crippen molar-refractivity contribution in [1.82, 2.24) is 5.32 Å². The highest BCUT2D eigenvalue weighted by atomic mass is 79.9. The number of nitrogens with one attached hydrogen (secondary N) is 1. The number of hydrogen-bond acceptors (Lipinski definition) is 3. The topological polar surface area (TPSA) is 30.5 Å². The standard InChI is InChI=1S/C10H11BrFNO2/c1-14-9-3-6(11)2-8(12)10(9)15-7-4-13-5-7/h2-3,7,13H,4-5H2,1H3.